The maximum atomic E-state index is 4.23. The molecule has 1 heterocycles. The summed E-state index contributed by atoms with van der Waals surface area (Å²) >= 11 is 0. The monoisotopic (exact) mass is 227 g/mol. The second-order valence-electron chi connectivity index (χ2n) is 4.03. The minimum absolute atomic E-state index is 1.02. The molecule has 0 aliphatic carbocycles. The van der Waals surface area contributed by atoms with E-state index in [9.17, 15) is 0 Å². The van der Waals surface area contributed by atoms with Crippen molar-refractivity contribution in [1.82, 2.24) is 4.98 Å². The molecule has 0 saturated heterocycles. The van der Waals surface area contributed by atoms with Gasteiger partial charge in [-0.2, -0.15) is 0 Å². The molecule has 1 aromatic carbocycles. The molecule has 88 valence electrons. The third kappa shape index (κ3) is 2.38. The minimum Gasteiger partial charge on any atom is -0.387 e. The first kappa shape index (κ1) is 11.5. The van der Waals surface area contributed by atoms with Gasteiger partial charge in [-0.15, -0.1) is 0 Å². The molecule has 1 N–H and O–H groups in total. The molecule has 1 aromatic heterocycles. The van der Waals surface area contributed by atoms with Crippen molar-refractivity contribution in [2.24, 2.45) is 0 Å². The summed E-state index contributed by atoms with van der Waals surface area (Å²) in [6.07, 6.45) is 3.68. The molecule has 0 saturated carbocycles. The van der Waals surface area contributed by atoms with Crippen molar-refractivity contribution >= 4 is 17.1 Å². The van der Waals surface area contributed by atoms with Crippen LogP contribution in [0.15, 0.2) is 42.7 Å². The summed E-state index contributed by atoms with van der Waals surface area (Å²) in [5, 5.41) is 3.10. The topological polar surface area (TPSA) is 28.2 Å². The van der Waals surface area contributed by atoms with E-state index < -0.39 is 0 Å². The Hall–Kier alpha value is -2.03. The van der Waals surface area contributed by atoms with Crippen LogP contribution in [0.1, 0.15) is 5.56 Å². The normalized spacial score (nSPS) is 10.1. The number of pyridine rings is 1. The summed E-state index contributed by atoms with van der Waals surface area (Å²) in [5.41, 5.74) is 4.54. The van der Waals surface area contributed by atoms with E-state index in [1.807, 2.05) is 25.5 Å². The van der Waals surface area contributed by atoms with Gasteiger partial charge in [-0.05, 0) is 24.6 Å². The lowest BCUT2D eigenvalue weighted by atomic mass is 10.2. The van der Waals surface area contributed by atoms with Gasteiger partial charge in [-0.25, -0.2) is 0 Å². The van der Waals surface area contributed by atoms with E-state index in [2.05, 4.69) is 53.4 Å². The first-order valence-corrected chi connectivity index (χ1v) is 5.64. The van der Waals surface area contributed by atoms with Crippen LogP contribution in [0.5, 0.6) is 0 Å². The second-order valence-corrected chi connectivity index (χ2v) is 4.03. The zero-order chi connectivity index (χ0) is 12.3. The average molecular weight is 227 g/mol. The lowest BCUT2D eigenvalue weighted by Gasteiger charge is -2.21. The Morgan fingerprint density at radius 1 is 1.18 bits per heavy atom. The van der Waals surface area contributed by atoms with Crippen LogP contribution in [0, 0.1) is 6.92 Å². The number of hydrogen-bond donors (Lipinski definition) is 1. The maximum absolute atomic E-state index is 4.23. The quantitative estimate of drug-likeness (QED) is 0.872. The van der Waals surface area contributed by atoms with Crippen LogP contribution in [-0.4, -0.2) is 19.1 Å². The highest BCUT2D eigenvalue weighted by molar-refractivity contribution is 5.67. The van der Waals surface area contributed by atoms with Crippen molar-refractivity contribution in [3.63, 3.8) is 0 Å². The summed E-state index contributed by atoms with van der Waals surface area (Å²) in [5.74, 6) is 0. The number of para-hydroxylation sites is 1. The van der Waals surface area contributed by atoms with E-state index in [-0.39, 0.29) is 0 Å². The minimum atomic E-state index is 1.02. The molecule has 0 bridgehead atoms. The fraction of sp³-hybridized carbons (Fsp3) is 0.214. The number of hydrogen-bond acceptors (Lipinski definition) is 3. The Kier molecular flexibility index (Phi) is 3.28. The molecule has 0 unspecified atom stereocenters. The molecular formula is C14H17N3. The Labute approximate surface area is 102 Å². The highest BCUT2D eigenvalue weighted by Gasteiger charge is 2.06. The predicted octanol–water partition coefficient (Wildman–Crippen LogP) is 3.20. The standard InChI is InChI=1S/C14H17N3/c1-11-6-4-5-7-14(11)17(3)13-8-12(15-2)9-16-10-13/h4-10,15H,1-3H3. The lowest BCUT2D eigenvalue weighted by molar-refractivity contribution is 1.16. The van der Waals surface area contributed by atoms with E-state index in [4.69, 9.17) is 0 Å². The van der Waals surface area contributed by atoms with E-state index in [1.165, 1.54) is 11.3 Å². The van der Waals surface area contributed by atoms with Gasteiger partial charge in [-0.1, -0.05) is 18.2 Å². The van der Waals surface area contributed by atoms with Crippen LogP contribution in [0.2, 0.25) is 0 Å². The molecule has 17 heavy (non-hydrogen) atoms. The number of anilines is 3. The Bertz CT molecular complexity index is 508. The SMILES string of the molecule is CNc1cncc(N(C)c2ccccc2C)c1. The van der Waals surface area contributed by atoms with Gasteiger partial charge in [0.15, 0.2) is 0 Å². The van der Waals surface area contributed by atoms with Crippen LogP contribution in [0.4, 0.5) is 17.1 Å². The van der Waals surface area contributed by atoms with E-state index in [0.717, 1.165) is 11.4 Å². The Balaban J connectivity index is 2.37. The van der Waals surface area contributed by atoms with Gasteiger partial charge >= 0.3 is 0 Å². The summed E-state index contributed by atoms with van der Waals surface area (Å²) in [4.78, 5) is 6.37. The molecule has 3 nitrogen and oxygen atoms in total. The Morgan fingerprint density at radius 3 is 2.65 bits per heavy atom. The molecule has 2 rings (SSSR count). The van der Waals surface area contributed by atoms with Gasteiger partial charge in [0.05, 0.1) is 23.8 Å². The van der Waals surface area contributed by atoms with Gasteiger partial charge in [0.1, 0.15) is 0 Å². The molecule has 3 heteroatoms. The van der Waals surface area contributed by atoms with Gasteiger partial charge in [0.2, 0.25) is 0 Å². The van der Waals surface area contributed by atoms with Crippen molar-refractivity contribution in [2.75, 3.05) is 24.3 Å². The summed E-state index contributed by atoms with van der Waals surface area (Å²) in [6.45, 7) is 2.11. The average Bonchev–Trinajstić information content (AvgIpc) is 2.38. The van der Waals surface area contributed by atoms with E-state index in [0.29, 0.717) is 0 Å². The number of aryl methyl sites for hydroxylation is 1. The molecule has 0 fully saturated rings. The number of benzene rings is 1. The molecule has 0 radical (unpaired) electrons. The van der Waals surface area contributed by atoms with E-state index in [1.54, 1.807) is 0 Å². The fourth-order valence-electron chi connectivity index (χ4n) is 1.83. The zero-order valence-corrected chi connectivity index (χ0v) is 10.4. The van der Waals surface area contributed by atoms with E-state index >= 15 is 0 Å². The van der Waals surface area contributed by atoms with Crippen LogP contribution in [0.3, 0.4) is 0 Å². The molecule has 0 amide bonds. The molecule has 0 atom stereocenters. The second kappa shape index (κ2) is 4.87. The van der Waals surface area contributed by atoms with Crippen LogP contribution in [-0.2, 0) is 0 Å². The smallest absolute Gasteiger partial charge is 0.0615 e. The number of rotatable bonds is 3. The van der Waals surface area contributed by atoms with Crippen molar-refractivity contribution in [3.8, 4) is 0 Å². The van der Waals surface area contributed by atoms with Crippen molar-refractivity contribution < 1.29 is 0 Å². The van der Waals surface area contributed by atoms with Crippen molar-refractivity contribution in [2.45, 2.75) is 6.92 Å². The largest absolute Gasteiger partial charge is 0.387 e. The van der Waals surface area contributed by atoms with Gasteiger partial charge in [0.25, 0.3) is 0 Å². The zero-order valence-electron chi connectivity index (χ0n) is 10.4. The van der Waals surface area contributed by atoms with Crippen LogP contribution in [0.25, 0.3) is 0 Å². The van der Waals surface area contributed by atoms with Gasteiger partial charge in [0, 0.05) is 19.8 Å². The molecule has 0 spiro atoms. The van der Waals surface area contributed by atoms with Crippen molar-refractivity contribution in [1.29, 1.82) is 0 Å². The summed E-state index contributed by atoms with van der Waals surface area (Å²) < 4.78 is 0. The number of nitrogens with zero attached hydrogens (tertiary/aromatic N) is 2. The first-order chi connectivity index (χ1) is 8.22. The van der Waals surface area contributed by atoms with Gasteiger partial charge in [-0.3, -0.25) is 4.98 Å². The van der Waals surface area contributed by atoms with Gasteiger partial charge < -0.3 is 10.2 Å². The fourth-order valence-corrected chi connectivity index (χ4v) is 1.83. The third-order valence-corrected chi connectivity index (χ3v) is 2.88. The maximum Gasteiger partial charge on any atom is 0.0615 e. The summed E-state index contributed by atoms with van der Waals surface area (Å²) in [6, 6.07) is 10.4. The molecule has 2 aromatic rings. The molecule has 0 aliphatic rings. The number of nitrogens with one attached hydrogen (secondary N) is 1. The summed E-state index contributed by atoms with van der Waals surface area (Å²) in [7, 11) is 3.95. The first-order valence-electron chi connectivity index (χ1n) is 5.64. The predicted molar refractivity (Wildman–Crippen MR) is 73.0 cm³/mol. The third-order valence-electron chi connectivity index (χ3n) is 2.88. The highest BCUT2D eigenvalue weighted by atomic mass is 15.1. The lowest BCUT2D eigenvalue weighted by Crippen LogP contribution is -2.11. The number of aromatic nitrogens is 1. The molecular weight excluding hydrogens is 210 g/mol. The Morgan fingerprint density at radius 2 is 1.94 bits per heavy atom. The van der Waals surface area contributed by atoms with Crippen LogP contribution < -0.4 is 10.2 Å². The van der Waals surface area contributed by atoms with Crippen molar-refractivity contribution in [3.05, 3.63) is 48.3 Å². The highest BCUT2D eigenvalue weighted by Crippen LogP contribution is 2.27. The molecule has 0 aliphatic heterocycles. The van der Waals surface area contributed by atoms with Crippen LogP contribution >= 0.6 is 0 Å².